The summed E-state index contributed by atoms with van der Waals surface area (Å²) in [4.78, 5) is 9.09. The highest BCUT2D eigenvalue weighted by Gasteiger charge is 2.17. The van der Waals surface area contributed by atoms with Gasteiger partial charge >= 0.3 is 0 Å². The Morgan fingerprint density at radius 3 is 2.78 bits per heavy atom. The third-order valence-electron chi connectivity index (χ3n) is 5.08. The smallest absolute Gasteiger partial charge is 0.223 e. The summed E-state index contributed by atoms with van der Waals surface area (Å²) in [6.45, 7) is 2.14. The van der Waals surface area contributed by atoms with Gasteiger partial charge in [0.05, 0.1) is 12.0 Å². The lowest BCUT2D eigenvalue weighted by Crippen LogP contribution is -2.26. The van der Waals surface area contributed by atoms with Crippen LogP contribution in [0.1, 0.15) is 24.3 Å². The Labute approximate surface area is 156 Å². The van der Waals surface area contributed by atoms with Crippen LogP contribution in [0.4, 0.5) is 5.95 Å². The first kappa shape index (κ1) is 16.0. The number of nitrogens with two attached hydrogens (primary N) is 1. The lowest BCUT2D eigenvalue weighted by atomic mass is 9.89. The van der Waals surface area contributed by atoms with E-state index in [-0.39, 0.29) is 0 Å². The van der Waals surface area contributed by atoms with Gasteiger partial charge in [-0.3, -0.25) is 0 Å². The minimum absolute atomic E-state index is 0.306. The summed E-state index contributed by atoms with van der Waals surface area (Å²) in [5.74, 6) is 1.99. The topological polar surface area (TPSA) is 94.3 Å². The summed E-state index contributed by atoms with van der Waals surface area (Å²) in [6, 6.07) is 14.1. The van der Waals surface area contributed by atoms with Crippen LogP contribution in [0, 0.1) is 0 Å². The van der Waals surface area contributed by atoms with Crippen molar-refractivity contribution >= 4 is 11.6 Å². The van der Waals surface area contributed by atoms with E-state index in [1.54, 1.807) is 12.3 Å². The van der Waals surface area contributed by atoms with Crippen LogP contribution in [0.3, 0.4) is 0 Å². The fraction of sp³-hybridized carbons (Fsp3) is 0.250. The molecule has 0 bridgehead atoms. The van der Waals surface area contributed by atoms with Crippen LogP contribution in [0.2, 0.25) is 0 Å². The third kappa shape index (κ3) is 2.96. The van der Waals surface area contributed by atoms with E-state index in [0.29, 0.717) is 29.1 Å². The Bertz CT molecular complexity index is 1080. The van der Waals surface area contributed by atoms with Crippen LogP contribution in [0.5, 0.6) is 0 Å². The van der Waals surface area contributed by atoms with E-state index >= 15 is 0 Å². The fourth-order valence-corrected chi connectivity index (χ4v) is 3.68. The average Bonchev–Trinajstić information content (AvgIpc) is 3.38. The van der Waals surface area contributed by atoms with Gasteiger partial charge in [0, 0.05) is 11.6 Å². The highest BCUT2D eigenvalue weighted by Crippen LogP contribution is 2.29. The van der Waals surface area contributed by atoms with Crippen molar-refractivity contribution in [1.29, 1.82) is 0 Å². The van der Waals surface area contributed by atoms with E-state index in [0.717, 1.165) is 37.2 Å². The van der Waals surface area contributed by atoms with Crippen LogP contribution < -0.4 is 11.1 Å². The highest BCUT2D eigenvalue weighted by molar-refractivity contribution is 5.67. The van der Waals surface area contributed by atoms with E-state index in [9.17, 15) is 0 Å². The molecule has 3 aromatic heterocycles. The minimum Gasteiger partial charge on any atom is -0.461 e. The zero-order chi connectivity index (χ0) is 18.2. The number of anilines is 1. The van der Waals surface area contributed by atoms with Crippen molar-refractivity contribution in [1.82, 2.24) is 24.9 Å². The van der Waals surface area contributed by atoms with Gasteiger partial charge in [0.1, 0.15) is 0 Å². The van der Waals surface area contributed by atoms with Gasteiger partial charge in [-0.1, -0.05) is 18.2 Å². The molecule has 27 heavy (non-hydrogen) atoms. The first-order chi connectivity index (χ1) is 13.3. The second-order valence-electron chi connectivity index (χ2n) is 6.83. The van der Waals surface area contributed by atoms with Crippen LogP contribution in [0.25, 0.3) is 28.5 Å². The third-order valence-corrected chi connectivity index (χ3v) is 5.08. The predicted molar refractivity (Wildman–Crippen MR) is 103 cm³/mol. The van der Waals surface area contributed by atoms with Crippen molar-refractivity contribution in [3.05, 3.63) is 54.3 Å². The standard InChI is InChI=1S/C20H20N6O/c21-20-23-16(12-18-24-19(25-26(18)20)17-5-2-10-27-17)15-4-1-3-14(11-15)13-6-8-22-9-7-13/h1-5,10-13,22H,6-9H2,(H2,21,23). The lowest BCUT2D eigenvalue weighted by molar-refractivity contribution is 0.460. The summed E-state index contributed by atoms with van der Waals surface area (Å²) < 4.78 is 6.92. The highest BCUT2D eigenvalue weighted by atomic mass is 16.3. The SMILES string of the molecule is Nc1nc(-c2cccc(C3CCNCC3)c2)cc2nc(-c3ccco3)nn12. The maximum Gasteiger partial charge on any atom is 0.223 e. The molecule has 1 aliphatic rings. The Morgan fingerprint density at radius 1 is 1.07 bits per heavy atom. The number of hydrogen-bond acceptors (Lipinski definition) is 6. The molecule has 0 unspecified atom stereocenters. The maximum absolute atomic E-state index is 6.15. The molecule has 7 nitrogen and oxygen atoms in total. The molecule has 0 spiro atoms. The number of nitrogen functional groups attached to an aromatic ring is 1. The molecule has 136 valence electrons. The minimum atomic E-state index is 0.306. The van der Waals surface area contributed by atoms with Crippen LogP contribution in [-0.4, -0.2) is 32.7 Å². The molecule has 1 saturated heterocycles. The van der Waals surface area contributed by atoms with Gasteiger partial charge in [-0.2, -0.15) is 4.52 Å². The Hall–Kier alpha value is -3.19. The Balaban J connectivity index is 1.55. The number of piperidine rings is 1. The van der Waals surface area contributed by atoms with Gasteiger partial charge < -0.3 is 15.5 Å². The second kappa shape index (κ2) is 6.51. The van der Waals surface area contributed by atoms with E-state index < -0.39 is 0 Å². The zero-order valence-corrected chi connectivity index (χ0v) is 14.8. The molecule has 0 saturated carbocycles. The molecule has 7 heteroatoms. The molecule has 1 aromatic carbocycles. The molecule has 0 amide bonds. The van der Waals surface area contributed by atoms with E-state index in [2.05, 4.69) is 44.6 Å². The second-order valence-corrected chi connectivity index (χ2v) is 6.83. The molecule has 4 heterocycles. The van der Waals surface area contributed by atoms with E-state index in [1.807, 2.05) is 12.1 Å². The average molecular weight is 360 g/mol. The van der Waals surface area contributed by atoms with Gasteiger partial charge in [0.15, 0.2) is 11.4 Å². The van der Waals surface area contributed by atoms with Crippen molar-refractivity contribution in [3.8, 4) is 22.8 Å². The van der Waals surface area contributed by atoms with Gasteiger partial charge in [-0.25, -0.2) is 9.97 Å². The summed E-state index contributed by atoms with van der Waals surface area (Å²) >= 11 is 0. The quantitative estimate of drug-likeness (QED) is 0.583. The molecule has 4 aromatic rings. The monoisotopic (exact) mass is 360 g/mol. The van der Waals surface area contributed by atoms with Gasteiger partial charge in [-0.05, 0) is 55.6 Å². The van der Waals surface area contributed by atoms with E-state index in [4.69, 9.17) is 10.2 Å². The maximum atomic E-state index is 6.15. The van der Waals surface area contributed by atoms with Crippen molar-refractivity contribution in [3.63, 3.8) is 0 Å². The number of fused-ring (bicyclic) bond motifs is 1. The number of nitrogens with zero attached hydrogens (tertiary/aromatic N) is 4. The Kier molecular flexibility index (Phi) is 3.86. The molecular weight excluding hydrogens is 340 g/mol. The molecule has 5 rings (SSSR count). The summed E-state index contributed by atoms with van der Waals surface area (Å²) in [7, 11) is 0. The molecule has 3 N–H and O–H groups in total. The lowest BCUT2D eigenvalue weighted by Gasteiger charge is -2.23. The summed E-state index contributed by atoms with van der Waals surface area (Å²) in [5.41, 5.74) is 10.00. The number of nitrogens with one attached hydrogen (secondary N) is 1. The van der Waals surface area contributed by atoms with Crippen LogP contribution in [-0.2, 0) is 0 Å². The van der Waals surface area contributed by atoms with Crippen LogP contribution >= 0.6 is 0 Å². The van der Waals surface area contributed by atoms with Crippen molar-refractivity contribution in [2.45, 2.75) is 18.8 Å². The summed E-state index contributed by atoms with van der Waals surface area (Å²) in [5, 5.41) is 7.82. The molecule has 0 radical (unpaired) electrons. The van der Waals surface area contributed by atoms with Crippen LogP contribution in [0.15, 0.2) is 53.1 Å². The number of benzene rings is 1. The molecule has 0 atom stereocenters. The van der Waals surface area contributed by atoms with Crippen molar-refractivity contribution in [2.24, 2.45) is 0 Å². The van der Waals surface area contributed by atoms with E-state index in [1.165, 1.54) is 10.1 Å². The number of aromatic nitrogens is 4. The normalized spacial score (nSPS) is 15.4. The molecular formula is C20H20N6O. The largest absolute Gasteiger partial charge is 0.461 e. The van der Waals surface area contributed by atoms with Gasteiger partial charge in [0.2, 0.25) is 11.8 Å². The van der Waals surface area contributed by atoms with Gasteiger partial charge in [0.25, 0.3) is 0 Å². The predicted octanol–water partition coefficient (Wildman–Crippen LogP) is 3.10. The number of rotatable bonds is 3. The zero-order valence-electron chi connectivity index (χ0n) is 14.8. The molecule has 1 fully saturated rings. The number of furan rings is 1. The summed E-state index contributed by atoms with van der Waals surface area (Å²) in [6.07, 6.45) is 3.92. The van der Waals surface area contributed by atoms with Gasteiger partial charge in [-0.15, -0.1) is 5.10 Å². The first-order valence-electron chi connectivity index (χ1n) is 9.16. The molecule has 0 aliphatic carbocycles. The molecule has 1 aliphatic heterocycles. The van der Waals surface area contributed by atoms with Crippen molar-refractivity contribution < 1.29 is 4.42 Å². The fourth-order valence-electron chi connectivity index (χ4n) is 3.68. The first-order valence-corrected chi connectivity index (χ1v) is 9.16. The van der Waals surface area contributed by atoms with Crippen molar-refractivity contribution in [2.75, 3.05) is 18.8 Å². The number of hydrogen-bond donors (Lipinski definition) is 2. The Morgan fingerprint density at radius 2 is 1.96 bits per heavy atom.